The van der Waals surface area contributed by atoms with E-state index in [1.165, 1.54) is 12.1 Å². The molecule has 0 amide bonds. The summed E-state index contributed by atoms with van der Waals surface area (Å²) < 4.78 is 45.2. The largest absolute Gasteiger partial charge is 0.416 e. The lowest BCUT2D eigenvalue weighted by molar-refractivity contribution is -0.137. The summed E-state index contributed by atoms with van der Waals surface area (Å²) in [4.78, 5) is 2.38. The molecule has 0 spiro atoms. The normalized spacial score (nSPS) is 24.9. The molecule has 1 aromatic carbocycles. The second-order valence-corrected chi connectivity index (χ2v) is 7.15. The topological polar surface area (TPSA) is 12.5 Å². The fourth-order valence-electron chi connectivity index (χ4n) is 3.98. The quantitative estimate of drug-likeness (QED) is 0.669. The molecule has 1 saturated carbocycles. The maximum atomic E-state index is 13.0. The number of rotatable bonds is 6. The van der Waals surface area contributed by atoms with Gasteiger partial charge < -0.3 is 4.74 Å². The lowest BCUT2D eigenvalue weighted by Crippen LogP contribution is -2.48. The Morgan fingerprint density at radius 2 is 1.84 bits per heavy atom. The van der Waals surface area contributed by atoms with Crippen molar-refractivity contribution in [1.29, 1.82) is 0 Å². The Bertz CT molecular complexity index is 540. The van der Waals surface area contributed by atoms with Crippen LogP contribution in [0, 0.1) is 0 Å². The van der Waals surface area contributed by atoms with Crippen LogP contribution in [-0.2, 0) is 10.9 Å². The highest BCUT2D eigenvalue weighted by atomic mass is 19.4. The zero-order valence-electron chi connectivity index (χ0n) is 15.6. The molecular weight excluding hydrogens is 327 g/mol. The minimum absolute atomic E-state index is 0.153. The molecule has 1 aliphatic rings. The summed E-state index contributed by atoms with van der Waals surface area (Å²) in [7, 11) is 0. The van der Waals surface area contributed by atoms with Crippen molar-refractivity contribution >= 4 is 0 Å². The third-order valence-corrected chi connectivity index (χ3v) is 5.17. The average molecular weight is 357 g/mol. The van der Waals surface area contributed by atoms with E-state index in [0.29, 0.717) is 0 Å². The summed E-state index contributed by atoms with van der Waals surface area (Å²) in [6, 6.07) is 6.10. The molecule has 0 heterocycles. The van der Waals surface area contributed by atoms with Crippen LogP contribution in [0.5, 0.6) is 0 Å². The van der Waals surface area contributed by atoms with E-state index in [2.05, 4.69) is 18.7 Å². The Hall–Kier alpha value is -1.07. The molecule has 142 valence electrons. The molecule has 0 aliphatic heterocycles. The van der Waals surface area contributed by atoms with E-state index in [0.717, 1.165) is 44.0 Å². The SMILES string of the molecule is CCN(CC)[C@H]1C[C@@H](c2cccc(C(F)(F)F)c2)CC[C@@H]1OC(C)C. The number of nitrogens with zero attached hydrogens (tertiary/aromatic N) is 1. The Balaban J connectivity index is 2.21. The third kappa shape index (κ3) is 5.20. The van der Waals surface area contributed by atoms with E-state index in [9.17, 15) is 13.2 Å². The Morgan fingerprint density at radius 3 is 2.40 bits per heavy atom. The molecule has 1 fully saturated rings. The summed E-state index contributed by atoms with van der Waals surface area (Å²) in [5, 5.41) is 0. The van der Waals surface area contributed by atoms with Crippen molar-refractivity contribution in [2.45, 2.75) is 77.3 Å². The van der Waals surface area contributed by atoms with Gasteiger partial charge >= 0.3 is 6.18 Å². The first kappa shape index (κ1) is 20.2. The minimum Gasteiger partial charge on any atom is -0.374 e. The van der Waals surface area contributed by atoms with Crippen LogP contribution in [0.3, 0.4) is 0 Å². The van der Waals surface area contributed by atoms with Gasteiger partial charge in [0.05, 0.1) is 17.8 Å². The molecular formula is C20H30F3NO. The van der Waals surface area contributed by atoms with Gasteiger partial charge in [0.25, 0.3) is 0 Å². The smallest absolute Gasteiger partial charge is 0.374 e. The van der Waals surface area contributed by atoms with Gasteiger partial charge in [0, 0.05) is 6.04 Å². The van der Waals surface area contributed by atoms with Crippen molar-refractivity contribution < 1.29 is 17.9 Å². The van der Waals surface area contributed by atoms with E-state index in [1.54, 1.807) is 0 Å². The van der Waals surface area contributed by atoms with Gasteiger partial charge in [-0.15, -0.1) is 0 Å². The molecule has 0 unspecified atom stereocenters. The van der Waals surface area contributed by atoms with Crippen molar-refractivity contribution in [1.82, 2.24) is 4.90 Å². The van der Waals surface area contributed by atoms with Gasteiger partial charge in [-0.3, -0.25) is 4.90 Å². The number of hydrogen-bond donors (Lipinski definition) is 0. The van der Waals surface area contributed by atoms with Crippen molar-refractivity contribution in [2.75, 3.05) is 13.1 Å². The first-order valence-electron chi connectivity index (χ1n) is 9.32. The van der Waals surface area contributed by atoms with Gasteiger partial charge in [0.15, 0.2) is 0 Å². The maximum absolute atomic E-state index is 13.0. The molecule has 0 aromatic heterocycles. The summed E-state index contributed by atoms with van der Waals surface area (Å²) >= 11 is 0. The van der Waals surface area contributed by atoms with Gasteiger partial charge in [-0.25, -0.2) is 0 Å². The van der Waals surface area contributed by atoms with E-state index in [1.807, 2.05) is 19.9 Å². The van der Waals surface area contributed by atoms with Crippen LogP contribution in [0.1, 0.15) is 64.0 Å². The summed E-state index contributed by atoms with van der Waals surface area (Å²) in [5.74, 6) is 0.153. The van der Waals surface area contributed by atoms with Crippen molar-refractivity contribution in [3.8, 4) is 0 Å². The molecule has 1 aromatic rings. The van der Waals surface area contributed by atoms with Crippen LogP contribution in [0.25, 0.3) is 0 Å². The lowest BCUT2D eigenvalue weighted by Gasteiger charge is -2.42. The highest BCUT2D eigenvalue weighted by Crippen LogP contribution is 2.39. The number of likely N-dealkylation sites (N-methyl/N-ethyl adjacent to an activating group) is 1. The molecule has 0 N–H and O–H groups in total. The standard InChI is InChI=1S/C20H30F3NO/c1-5-24(6-2)18-13-16(10-11-19(18)25-14(3)4)15-8-7-9-17(12-15)20(21,22)23/h7-9,12,14,16,18-19H,5-6,10-11,13H2,1-4H3/t16-,18-,19-/m0/s1. The van der Waals surface area contributed by atoms with Crippen molar-refractivity contribution in [3.63, 3.8) is 0 Å². The van der Waals surface area contributed by atoms with E-state index in [4.69, 9.17) is 4.74 Å². The van der Waals surface area contributed by atoms with Crippen LogP contribution >= 0.6 is 0 Å². The van der Waals surface area contributed by atoms with Crippen LogP contribution in [-0.4, -0.2) is 36.2 Å². The molecule has 2 rings (SSSR count). The predicted octanol–water partition coefficient (Wildman–Crippen LogP) is 5.48. The molecule has 5 heteroatoms. The third-order valence-electron chi connectivity index (χ3n) is 5.17. The van der Waals surface area contributed by atoms with E-state index < -0.39 is 11.7 Å². The Morgan fingerprint density at radius 1 is 1.16 bits per heavy atom. The second-order valence-electron chi connectivity index (χ2n) is 7.15. The van der Waals surface area contributed by atoms with Gasteiger partial charge in [-0.1, -0.05) is 32.0 Å². The Kier molecular flexibility index (Phi) is 6.92. The van der Waals surface area contributed by atoms with E-state index >= 15 is 0 Å². The predicted molar refractivity (Wildman–Crippen MR) is 94.8 cm³/mol. The van der Waals surface area contributed by atoms with Gasteiger partial charge in [-0.05, 0) is 63.7 Å². The first-order chi connectivity index (χ1) is 11.8. The lowest BCUT2D eigenvalue weighted by atomic mass is 9.78. The molecule has 25 heavy (non-hydrogen) atoms. The zero-order valence-corrected chi connectivity index (χ0v) is 15.6. The monoisotopic (exact) mass is 357 g/mol. The fraction of sp³-hybridized carbons (Fsp3) is 0.700. The molecule has 0 radical (unpaired) electrons. The maximum Gasteiger partial charge on any atom is 0.416 e. The summed E-state index contributed by atoms with van der Waals surface area (Å²) in [5.41, 5.74) is 0.250. The number of hydrogen-bond acceptors (Lipinski definition) is 2. The highest BCUT2D eigenvalue weighted by Gasteiger charge is 2.36. The van der Waals surface area contributed by atoms with Crippen molar-refractivity contribution in [2.24, 2.45) is 0 Å². The van der Waals surface area contributed by atoms with Crippen LogP contribution in [0.4, 0.5) is 13.2 Å². The molecule has 1 aliphatic carbocycles. The molecule has 3 atom stereocenters. The Labute approximate surface area is 149 Å². The first-order valence-corrected chi connectivity index (χ1v) is 9.32. The van der Waals surface area contributed by atoms with Gasteiger partial charge in [-0.2, -0.15) is 13.2 Å². The molecule has 0 bridgehead atoms. The summed E-state index contributed by atoms with van der Waals surface area (Å²) in [6.45, 7) is 10.2. The minimum atomic E-state index is -4.29. The highest BCUT2D eigenvalue weighted by molar-refractivity contribution is 5.29. The number of alkyl halides is 3. The fourth-order valence-corrected chi connectivity index (χ4v) is 3.98. The molecule has 0 saturated heterocycles. The van der Waals surface area contributed by atoms with Crippen LogP contribution in [0.2, 0.25) is 0 Å². The van der Waals surface area contributed by atoms with Crippen molar-refractivity contribution in [3.05, 3.63) is 35.4 Å². The average Bonchev–Trinajstić information content (AvgIpc) is 2.56. The summed E-state index contributed by atoms with van der Waals surface area (Å²) in [6.07, 6.45) is -1.36. The number of halogens is 3. The zero-order chi connectivity index (χ0) is 18.6. The second kappa shape index (κ2) is 8.54. The van der Waals surface area contributed by atoms with Crippen LogP contribution in [0.15, 0.2) is 24.3 Å². The number of benzene rings is 1. The van der Waals surface area contributed by atoms with Gasteiger partial charge in [0.2, 0.25) is 0 Å². The molecule has 2 nitrogen and oxygen atoms in total. The van der Waals surface area contributed by atoms with E-state index in [-0.39, 0.29) is 24.2 Å². The number of ether oxygens (including phenoxy) is 1. The van der Waals surface area contributed by atoms with Crippen LogP contribution < -0.4 is 0 Å². The van der Waals surface area contributed by atoms with Gasteiger partial charge in [0.1, 0.15) is 0 Å².